The molecule has 1 aromatic rings. The summed E-state index contributed by atoms with van der Waals surface area (Å²) in [7, 11) is 0. The van der Waals surface area contributed by atoms with Crippen molar-refractivity contribution >= 4 is 11.6 Å². The van der Waals surface area contributed by atoms with E-state index in [2.05, 4.69) is 0 Å². The smallest absolute Gasteiger partial charge is 0.174 e. The van der Waals surface area contributed by atoms with Crippen LogP contribution in [0.4, 0.5) is 0 Å². The minimum atomic E-state index is -2.22. The van der Waals surface area contributed by atoms with Gasteiger partial charge in [-0.15, -0.1) is 0 Å². The average Bonchev–Trinajstić information content (AvgIpc) is 2.54. The Bertz CT molecular complexity index is 825. The first-order valence-electron chi connectivity index (χ1n) is 8.46. The number of hydrogen-bond acceptors (Lipinski definition) is 6. The van der Waals surface area contributed by atoms with Gasteiger partial charge in [0.1, 0.15) is 17.5 Å². The van der Waals surface area contributed by atoms with E-state index in [4.69, 9.17) is 0 Å². The molecule has 0 aliphatic heterocycles. The van der Waals surface area contributed by atoms with Crippen molar-refractivity contribution in [2.45, 2.75) is 44.0 Å². The van der Waals surface area contributed by atoms with Gasteiger partial charge in [0, 0.05) is 23.1 Å². The summed E-state index contributed by atoms with van der Waals surface area (Å²) in [6.07, 6.45) is -2.17. The number of benzene rings is 1. The standard InChI is InChI=1S/C19H20O6/c1-8-5-9-7-13(22)19(25)16(14(9)12(21)6-8)17(23)10-3-2-4-11(20)15(10)18(19)24/h2-4,8,13,16,18,20,22,24-25H,5-7H2,1H3/t8-,13-,16+,18+,19-/m0/s1. The molecular weight excluding hydrogens is 324 g/mol. The van der Waals surface area contributed by atoms with Crippen LogP contribution in [0.5, 0.6) is 5.75 Å². The number of carbonyl (C=O) groups is 2. The molecule has 4 rings (SSSR count). The molecule has 0 unspecified atom stereocenters. The van der Waals surface area contributed by atoms with Gasteiger partial charge in [-0.2, -0.15) is 0 Å². The summed E-state index contributed by atoms with van der Waals surface area (Å²) < 4.78 is 0. The number of fused-ring (bicyclic) bond motifs is 3. The lowest BCUT2D eigenvalue weighted by atomic mass is 9.57. The average molecular weight is 344 g/mol. The largest absolute Gasteiger partial charge is 0.508 e. The van der Waals surface area contributed by atoms with Crippen LogP contribution in [0, 0.1) is 11.8 Å². The van der Waals surface area contributed by atoms with Crippen LogP contribution >= 0.6 is 0 Å². The molecule has 0 heterocycles. The Labute approximate surface area is 144 Å². The maximum atomic E-state index is 13.1. The molecule has 132 valence electrons. The predicted molar refractivity (Wildman–Crippen MR) is 86.9 cm³/mol. The number of aromatic hydroxyl groups is 1. The third-order valence-corrected chi connectivity index (χ3v) is 5.86. The van der Waals surface area contributed by atoms with E-state index >= 15 is 0 Å². The van der Waals surface area contributed by atoms with E-state index in [0.717, 1.165) is 0 Å². The summed E-state index contributed by atoms with van der Waals surface area (Å²) >= 11 is 0. The topological polar surface area (TPSA) is 115 Å². The second-order valence-corrected chi connectivity index (χ2v) is 7.50. The van der Waals surface area contributed by atoms with Gasteiger partial charge < -0.3 is 20.4 Å². The molecule has 0 bridgehead atoms. The molecule has 0 amide bonds. The number of ketones is 2. The van der Waals surface area contributed by atoms with Gasteiger partial charge in [0.2, 0.25) is 0 Å². The van der Waals surface area contributed by atoms with Crippen molar-refractivity contribution in [1.29, 1.82) is 0 Å². The molecule has 25 heavy (non-hydrogen) atoms. The Balaban J connectivity index is 1.98. The van der Waals surface area contributed by atoms with Crippen molar-refractivity contribution in [2.75, 3.05) is 0 Å². The monoisotopic (exact) mass is 344 g/mol. The number of aliphatic hydroxyl groups excluding tert-OH is 2. The molecular formula is C19H20O6. The van der Waals surface area contributed by atoms with E-state index in [1.807, 2.05) is 6.92 Å². The van der Waals surface area contributed by atoms with Crippen molar-refractivity contribution < 1.29 is 30.0 Å². The first-order valence-corrected chi connectivity index (χ1v) is 8.46. The minimum absolute atomic E-state index is 0.0334. The Morgan fingerprint density at radius 2 is 1.84 bits per heavy atom. The maximum absolute atomic E-state index is 13.1. The highest BCUT2D eigenvalue weighted by Gasteiger charge is 2.62. The number of phenolic OH excluding ortho intramolecular Hbond substituents is 1. The van der Waals surface area contributed by atoms with E-state index in [1.54, 1.807) is 0 Å². The second kappa shape index (κ2) is 5.24. The van der Waals surface area contributed by atoms with Gasteiger partial charge in [-0.05, 0) is 24.8 Å². The van der Waals surface area contributed by atoms with Crippen molar-refractivity contribution in [1.82, 2.24) is 0 Å². The lowest BCUT2D eigenvalue weighted by Crippen LogP contribution is -2.62. The molecule has 0 aromatic heterocycles. The van der Waals surface area contributed by atoms with Gasteiger partial charge in [0.15, 0.2) is 11.6 Å². The van der Waals surface area contributed by atoms with Gasteiger partial charge >= 0.3 is 0 Å². The molecule has 5 atom stereocenters. The van der Waals surface area contributed by atoms with E-state index in [-0.39, 0.29) is 47.0 Å². The van der Waals surface area contributed by atoms with E-state index in [9.17, 15) is 30.0 Å². The zero-order chi connectivity index (χ0) is 18.1. The normalized spacial score (nSPS) is 37.4. The highest BCUT2D eigenvalue weighted by atomic mass is 16.4. The lowest BCUT2D eigenvalue weighted by molar-refractivity contribution is -0.174. The molecule has 0 saturated carbocycles. The number of carbonyl (C=O) groups excluding carboxylic acids is 2. The van der Waals surface area contributed by atoms with E-state index in [0.29, 0.717) is 12.0 Å². The van der Waals surface area contributed by atoms with Crippen LogP contribution in [-0.2, 0) is 4.79 Å². The van der Waals surface area contributed by atoms with Crippen LogP contribution in [0.25, 0.3) is 0 Å². The summed E-state index contributed by atoms with van der Waals surface area (Å²) in [6.45, 7) is 1.93. The summed E-state index contributed by atoms with van der Waals surface area (Å²) in [5.74, 6) is -2.28. The number of aliphatic hydroxyl groups is 3. The highest BCUT2D eigenvalue weighted by molar-refractivity contribution is 6.11. The first kappa shape index (κ1) is 16.4. The number of phenols is 1. The Hall–Kier alpha value is -2.02. The maximum Gasteiger partial charge on any atom is 0.174 e. The Kier molecular flexibility index (Phi) is 3.45. The van der Waals surface area contributed by atoms with Crippen molar-refractivity contribution in [3.05, 3.63) is 40.5 Å². The highest BCUT2D eigenvalue weighted by Crippen LogP contribution is 2.54. The molecule has 1 aromatic carbocycles. The molecule has 6 heteroatoms. The molecule has 0 spiro atoms. The summed E-state index contributed by atoms with van der Waals surface area (Å²) in [5, 5.41) is 42.6. The van der Waals surface area contributed by atoms with Crippen LogP contribution in [0.1, 0.15) is 48.2 Å². The summed E-state index contributed by atoms with van der Waals surface area (Å²) in [5.41, 5.74) is -1.31. The van der Waals surface area contributed by atoms with Gasteiger partial charge in [-0.1, -0.05) is 24.6 Å². The van der Waals surface area contributed by atoms with Crippen LogP contribution < -0.4 is 0 Å². The lowest BCUT2D eigenvalue weighted by Gasteiger charge is -2.51. The zero-order valence-corrected chi connectivity index (χ0v) is 13.8. The second-order valence-electron chi connectivity index (χ2n) is 7.50. The SMILES string of the molecule is C[C@@H]1CC(=O)C2=C(C1)C[C@H](O)[C@]1(O)[C@H]2C(=O)c2cccc(O)c2[C@H]1O. The van der Waals surface area contributed by atoms with Gasteiger partial charge in [-0.3, -0.25) is 9.59 Å². The molecule has 3 aliphatic rings. The third-order valence-electron chi connectivity index (χ3n) is 5.86. The number of hydrogen-bond donors (Lipinski definition) is 4. The quantitative estimate of drug-likeness (QED) is 0.559. The van der Waals surface area contributed by atoms with E-state index in [1.165, 1.54) is 18.2 Å². The van der Waals surface area contributed by atoms with Crippen LogP contribution in [0.15, 0.2) is 29.3 Å². The molecule has 0 radical (unpaired) electrons. The predicted octanol–water partition coefficient (Wildman–Crippen LogP) is 1.03. The summed E-state index contributed by atoms with van der Waals surface area (Å²) in [6, 6.07) is 4.24. The minimum Gasteiger partial charge on any atom is -0.508 e. The molecule has 0 saturated heterocycles. The van der Waals surface area contributed by atoms with Crippen molar-refractivity contribution in [3.63, 3.8) is 0 Å². The van der Waals surface area contributed by atoms with E-state index < -0.39 is 29.5 Å². The van der Waals surface area contributed by atoms with Crippen molar-refractivity contribution in [2.24, 2.45) is 11.8 Å². The fraction of sp³-hybridized carbons (Fsp3) is 0.474. The number of Topliss-reactive ketones (excluding diaryl/α,β-unsaturated/α-hetero) is 2. The van der Waals surface area contributed by atoms with Crippen LogP contribution in [0.3, 0.4) is 0 Å². The van der Waals surface area contributed by atoms with Gasteiger partial charge in [0.25, 0.3) is 0 Å². The van der Waals surface area contributed by atoms with Crippen LogP contribution in [0.2, 0.25) is 0 Å². The molecule has 3 aliphatic carbocycles. The zero-order valence-electron chi connectivity index (χ0n) is 13.8. The van der Waals surface area contributed by atoms with Gasteiger partial charge in [-0.25, -0.2) is 0 Å². The van der Waals surface area contributed by atoms with Crippen LogP contribution in [-0.4, -0.2) is 43.7 Å². The molecule has 4 N–H and O–H groups in total. The molecule has 0 fully saturated rings. The Morgan fingerprint density at radius 1 is 1.12 bits per heavy atom. The number of rotatable bonds is 0. The fourth-order valence-electron chi connectivity index (χ4n) is 4.73. The Morgan fingerprint density at radius 3 is 2.56 bits per heavy atom. The summed E-state index contributed by atoms with van der Waals surface area (Å²) in [4.78, 5) is 25.7. The first-order chi connectivity index (χ1) is 11.8. The molecule has 6 nitrogen and oxygen atoms in total. The fourth-order valence-corrected chi connectivity index (χ4v) is 4.73. The van der Waals surface area contributed by atoms with Crippen molar-refractivity contribution in [3.8, 4) is 5.75 Å². The van der Waals surface area contributed by atoms with Gasteiger partial charge in [0.05, 0.1) is 12.0 Å². The third kappa shape index (κ3) is 2.02.